The normalized spacial score (nSPS) is 17.6. The Balaban J connectivity index is 1.94. The number of nitrogens with zero attached hydrogens (tertiary/aromatic N) is 2. The molecule has 2 heterocycles. The molecule has 1 aliphatic heterocycles. The number of likely N-dealkylation sites (tertiary alicyclic amines) is 1. The third kappa shape index (κ3) is 3.54. The van der Waals surface area contributed by atoms with E-state index in [1.807, 2.05) is 6.92 Å². The zero-order chi connectivity index (χ0) is 13.8. The van der Waals surface area contributed by atoms with Crippen LogP contribution in [0.3, 0.4) is 0 Å². The van der Waals surface area contributed by atoms with Gasteiger partial charge in [0.05, 0.1) is 11.3 Å². The lowest BCUT2D eigenvalue weighted by atomic mass is 10.0. The molecule has 0 aromatic carbocycles. The fourth-order valence-electron chi connectivity index (χ4n) is 2.69. The first-order valence-corrected chi connectivity index (χ1v) is 7.85. The average molecular weight is 281 g/mol. The predicted octanol–water partition coefficient (Wildman–Crippen LogP) is 2.94. The number of Topliss-reactive ketones (excluding diaryl/α,β-unsaturated/α-hetero) is 1. The third-order valence-electron chi connectivity index (χ3n) is 3.68. The van der Waals surface area contributed by atoms with E-state index in [0.717, 1.165) is 42.2 Å². The predicted molar refractivity (Wildman–Crippen MR) is 80.2 cm³/mol. The van der Waals surface area contributed by atoms with Crippen LogP contribution < -0.4 is 5.32 Å². The van der Waals surface area contributed by atoms with Crippen LogP contribution in [0.2, 0.25) is 0 Å². The maximum atomic E-state index is 11.6. The molecule has 4 nitrogen and oxygen atoms in total. The zero-order valence-electron chi connectivity index (χ0n) is 12.0. The SMILES string of the molecule is CCCN1CCC(Nc2snc(C)c2C(C)=O)CC1. The van der Waals surface area contributed by atoms with E-state index in [1.165, 1.54) is 24.5 Å². The molecular weight excluding hydrogens is 258 g/mol. The Morgan fingerprint density at radius 1 is 1.47 bits per heavy atom. The van der Waals surface area contributed by atoms with Crippen molar-refractivity contribution in [2.75, 3.05) is 25.0 Å². The van der Waals surface area contributed by atoms with Crippen LogP contribution in [-0.4, -0.2) is 40.7 Å². The smallest absolute Gasteiger partial charge is 0.164 e. The second-order valence-corrected chi connectivity index (χ2v) is 6.06. The van der Waals surface area contributed by atoms with Gasteiger partial charge >= 0.3 is 0 Å². The number of aromatic nitrogens is 1. The van der Waals surface area contributed by atoms with E-state index in [2.05, 4.69) is 21.5 Å². The molecule has 5 heteroatoms. The molecule has 2 rings (SSSR count). The van der Waals surface area contributed by atoms with Crippen LogP contribution in [0, 0.1) is 6.92 Å². The minimum Gasteiger partial charge on any atom is -0.372 e. The van der Waals surface area contributed by atoms with E-state index in [0.29, 0.717) is 6.04 Å². The number of hydrogen-bond acceptors (Lipinski definition) is 5. The van der Waals surface area contributed by atoms with Crippen molar-refractivity contribution in [3.63, 3.8) is 0 Å². The summed E-state index contributed by atoms with van der Waals surface area (Å²) in [6.07, 6.45) is 3.52. The van der Waals surface area contributed by atoms with Crippen LogP contribution in [0.15, 0.2) is 0 Å². The summed E-state index contributed by atoms with van der Waals surface area (Å²) in [4.78, 5) is 14.2. The molecule has 1 aromatic rings. The molecule has 0 radical (unpaired) electrons. The van der Waals surface area contributed by atoms with E-state index in [9.17, 15) is 4.79 Å². The number of aryl methyl sites for hydroxylation is 1. The minimum absolute atomic E-state index is 0.108. The van der Waals surface area contributed by atoms with Gasteiger partial charge in [-0.15, -0.1) is 0 Å². The Kier molecular flexibility index (Phi) is 4.93. The molecule has 106 valence electrons. The molecule has 0 unspecified atom stereocenters. The fourth-order valence-corrected chi connectivity index (χ4v) is 3.61. The molecule has 0 bridgehead atoms. The Morgan fingerprint density at radius 2 is 2.16 bits per heavy atom. The first-order valence-electron chi connectivity index (χ1n) is 7.08. The van der Waals surface area contributed by atoms with E-state index >= 15 is 0 Å². The molecule has 19 heavy (non-hydrogen) atoms. The van der Waals surface area contributed by atoms with Gasteiger partial charge in [0.15, 0.2) is 5.78 Å². The van der Waals surface area contributed by atoms with E-state index in [1.54, 1.807) is 6.92 Å². The maximum Gasteiger partial charge on any atom is 0.164 e. The van der Waals surface area contributed by atoms with E-state index in [-0.39, 0.29) is 5.78 Å². The van der Waals surface area contributed by atoms with Gasteiger partial charge in [-0.25, -0.2) is 0 Å². The van der Waals surface area contributed by atoms with Gasteiger partial charge in [-0.05, 0) is 51.2 Å². The second kappa shape index (κ2) is 6.48. The molecule has 1 fully saturated rings. The number of piperidine rings is 1. The average Bonchev–Trinajstić information content (AvgIpc) is 2.73. The van der Waals surface area contributed by atoms with Crippen molar-refractivity contribution in [3.8, 4) is 0 Å². The number of anilines is 1. The van der Waals surface area contributed by atoms with Crippen molar-refractivity contribution >= 4 is 22.3 Å². The summed E-state index contributed by atoms with van der Waals surface area (Å²) in [5.74, 6) is 0.108. The Labute approximate surface area is 119 Å². The van der Waals surface area contributed by atoms with Crippen LogP contribution in [0.4, 0.5) is 5.00 Å². The van der Waals surface area contributed by atoms with Crippen molar-refractivity contribution in [1.82, 2.24) is 9.27 Å². The summed E-state index contributed by atoms with van der Waals surface area (Å²) in [5, 5.41) is 4.48. The number of rotatable bonds is 5. The summed E-state index contributed by atoms with van der Waals surface area (Å²) in [5.41, 5.74) is 1.63. The zero-order valence-corrected chi connectivity index (χ0v) is 12.8. The molecule has 1 aromatic heterocycles. The highest BCUT2D eigenvalue weighted by molar-refractivity contribution is 7.10. The molecule has 1 N–H and O–H groups in total. The Hall–Kier alpha value is -0.940. The van der Waals surface area contributed by atoms with Crippen LogP contribution in [-0.2, 0) is 0 Å². The first-order chi connectivity index (χ1) is 9.11. The number of carbonyl (C=O) groups excluding carboxylic acids is 1. The van der Waals surface area contributed by atoms with Crippen LogP contribution in [0.5, 0.6) is 0 Å². The molecule has 0 atom stereocenters. The summed E-state index contributed by atoms with van der Waals surface area (Å²) >= 11 is 1.41. The number of hydrogen-bond donors (Lipinski definition) is 1. The van der Waals surface area contributed by atoms with Crippen LogP contribution in [0.1, 0.15) is 49.2 Å². The minimum atomic E-state index is 0.108. The lowest BCUT2D eigenvalue weighted by molar-refractivity contribution is 0.101. The van der Waals surface area contributed by atoms with Crippen molar-refractivity contribution in [1.29, 1.82) is 0 Å². The number of ketones is 1. The third-order valence-corrected chi connectivity index (χ3v) is 4.55. The topological polar surface area (TPSA) is 45.2 Å². The lowest BCUT2D eigenvalue weighted by Crippen LogP contribution is -2.39. The first kappa shape index (κ1) is 14.5. The maximum absolute atomic E-state index is 11.6. The Morgan fingerprint density at radius 3 is 2.74 bits per heavy atom. The molecule has 0 saturated carbocycles. The van der Waals surface area contributed by atoms with Gasteiger partial charge in [-0.1, -0.05) is 6.92 Å². The van der Waals surface area contributed by atoms with Gasteiger partial charge in [0.2, 0.25) is 0 Å². The molecule has 0 spiro atoms. The number of carbonyl (C=O) groups is 1. The summed E-state index contributed by atoms with van der Waals surface area (Å²) in [6, 6.07) is 0.478. The lowest BCUT2D eigenvalue weighted by Gasteiger charge is -2.32. The largest absolute Gasteiger partial charge is 0.372 e. The highest BCUT2D eigenvalue weighted by Gasteiger charge is 2.22. The summed E-state index contributed by atoms with van der Waals surface area (Å²) < 4.78 is 4.30. The van der Waals surface area contributed by atoms with E-state index < -0.39 is 0 Å². The molecule has 0 amide bonds. The van der Waals surface area contributed by atoms with E-state index in [4.69, 9.17) is 0 Å². The molecular formula is C14H23N3OS. The highest BCUT2D eigenvalue weighted by Crippen LogP contribution is 2.27. The van der Waals surface area contributed by atoms with Crippen LogP contribution in [0.25, 0.3) is 0 Å². The van der Waals surface area contributed by atoms with Crippen molar-refractivity contribution in [2.45, 2.75) is 46.1 Å². The van der Waals surface area contributed by atoms with Crippen molar-refractivity contribution in [3.05, 3.63) is 11.3 Å². The second-order valence-electron chi connectivity index (χ2n) is 5.29. The quantitative estimate of drug-likeness (QED) is 0.843. The summed E-state index contributed by atoms with van der Waals surface area (Å²) in [6.45, 7) is 9.25. The number of nitrogens with one attached hydrogen (secondary N) is 1. The summed E-state index contributed by atoms with van der Waals surface area (Å²) in [7, 11) is 0. The van der Waals surface area contributed by atoms with Gasteiger partial charge in [-0.3, -0.25) is 4.79 Å². The van der Waals surface area contributed by atoms with Gasteiger partial charge in [0.25, 0.3) is 0 Å². The van der Waals surface area contributed by atoms with Gasteiger partial charge < -0.3 is 10.2 Å². The van der Waals surface area contributed by atoms with Crippen molar-refractivity contribution < 1.29 is 4.79 Å². The Bertz CT molecular complexity index is 436. The van der Waals surface area contributed by atoms with Crippen LogP contribution >= 0.6 is 11.5 Å². The standard InChI is InChI=1S/C14H23N3OS/c1-4-7-17-8-5-12(6-9-17)15-14-13(11(3)18)10(2)16-19-14/h12,15H,4-9H2,1-3H3. The van der Waals surface area contributed by atoms with Gasteiger partial charge in [-0.2, -0.15) is 4.37 Å². The van der Waals surface area contributed by atoms with Crippen molar-refractivity contribution in [2.24, 2.45) is 0 Å². The highest BCUT2D eigenvalue weighted by atomic mass is 32.1. The van der Waals surface area contributed by atoms with Gasteiger partial charge in [0, 0.05) is 19.1 Å². The molecule has 1 saturated heterocycles. The fraction of sp³-hybridized carbons (Fsp3) is 0.714. The molecule has 0 aliphatic carbocycles. The van der Waals surface area contributed by atoms with Gasteiger partial charge in [0.1, 0.15) is 5.00 Å². The monoisotopic (exact) mass is 281 g/mol. The molecule has 1 aliphatic rings.